The monoisotopic (exact) mass is 342 g/mol. The van der Waals surface area contributed by atoms with Crippen LogP contribution >= 0.6 is 12.2 Å². The number of thiocarbonyl (C=S) groups is 1. The molecule has 0 amide bonds. The number of hydrogen-bond acceptors (Lipinski definition) is 2. The predicted molar refractivity (Wildman–Crippen MR) is 102 cm³/mol. The largest absolute Gasteiger partial charge is 0.384 e. The van der Waals surface area contributed by atoms with Gasteiger partial charge in [0.05, 0.1) is 13.2 Å². The minimum absolute atomic E-state index is 0.796. The summed E-state index contributed by atoms with van der Waals surface area (Å²) in [5.74, 6) is 0. The van der Waals surface area contributed by atoms with Gasteiger partial charge in [-0.05, 0) is 36.5 Å². The van der Waals surface area contributed by atoms with E-state index in [-0.39, 0.29) is 0 Å². The number of hydrogen-bond donors (Lipinski definition) is 1. The molecule has 0 aliphatic carbocycles. The van der Waals surface area contributed by atoms with Crippen LogP contribution in [0.4, 0.5) is 11.4 Å². The summed E-state index contributed by atoms with van der Waals surface area (Å²) >= 11 is 5.81. The molecule has 0 unspecified atom stereocenters. The highest BCUT2D eigenvalue weighted by Gasteiger charge is 2.31. The lowest BCUT2D eigenvalue weighted by Crippen LogP contribution is -3.17. The van der Waals surface area contributed by atoms with Gasteiger partial charge in [-0.15, -0.1) is 0 Å². The van der Waals surface area contributed by atoms with Crippen LogP contribution in [0.15, 0.2) is 60.7 Å². The standard InChI is InChI=1S/C19H23N3OS/c1-23-14-8-13-20-15-21(17-9-4-2-5-10-17)19(24)22(16-20)18-11-6-3-7-12-18/h2-7,9-12H,8,13-16H2,1H3/p+1. The van der Waals surface area contributed by atoms with E-state index in [9.17, 15) is 0 Å². The van der Waals surface area contributed by atoms with Crippen LogP contribution in [0, 0.1) is 0 Å². The maximum absolute atomic E-state index is 5.81. The fourth-order valence-corrected chi connectivity index (χ4v) is 3.36. The fraction of sp³-hybridized carbons (Fsp3) is 0.316. The average molecular weight is 342 g/mol. The third-order valence-corrected chi connectivity index (χ3v) is 4.68. The van der Waals surface area contributed by atoms with E-state index in [0.717, 1.165) is 49.4 Å². The Morgan fingerprint density at radius 1 is 0.917 bits per heavy atom. The normalized spacial score (nSPS) is 15.8. The summed E-state index contributed by atoms with van der Waals surface area (Å²) in [6.07, 6.45) is 1.05. The molecule has 0 spiro atoms. The molecule has 0 bridgehead atoms. The molecule has 126 valence electrons. The van der Waals surface area contributed by atoms with Crippen molar-refractivity contribution in [2.45, 2.75) is 6.42 Å². The van der Waals surface area contributed by atoms with Gasteiger partial charge in [0.25, 0.3) is 0 Å². The summed E-state index contributed by atoms with van der Waals surface area (Å²) in [5, 5.41) is 0.864. The Morgan fingerprint density at radius 2 is 1.42 bits per heavy atom. The van der Waals surface area contributed by atoms with Gasteiger partial charge in [0.1, 0.15) is 0 Å². The van der Waals surface area contributed by atoms with Gasteiger partial charge in [-0.1, -0.05) is 36.4 Å². The molecule has 0 aromatic heterocycles. The van der Waals surface area contributed by atoms with E-state index in [4.69, 9.17) is 17.0 Å². The van der Waals surface area contributed by atoms with Crippen molar-refractivity contribution < 1.29 is 9.64 Å². The molecule has 1 fully saturated rings. The summed E-state index contributed by atoms with van der Waals surface area (Å²) in [6, 6.07) is 20.8. The highest BCUT2D eigenvalue weighted by Crippen LogP contribution is 2.20. The SMILES string of the molecule is COCCC[NH+]1CN(c2ccccc2)C(=S)N(c2ccccc2)C1. The smallest absolute Gasteiger partial charge is 0.189 e. The van der Waals surface area contributed by atoms with Crippen LogP contribution in [0.1, 0.15) is 6.42 Å². The Bertz CT molecular complexity index is 599. The highest BCUT2D eigenvalue weighted by atomic mass is 32.1. The number of rotatable bonds is 6. The quantitative estimate of drug-likeness (QED) is 0.641. The second kappa shape index (κ2) is 8.24. The number of nitrogens with zero attached hydrogens (tertiary/aromatic N) is 2. The molecule has 1 saturated heterocycles. The van der Waals surface area contributed by atoms with Crippen molar-refractivity contribution in [1.82, 2.24) is 0 Å². The lowest BCUT2D eigenvalue weighted by molar-refractivity contribution is -0.899. The Morgan fingerprint density at radius 3 is 1.88 bits per heavy atom. The number of ether oxygens (including phenoxy) is 1. The summed E-state index contributed by atoms with van der Waals surface area (Å²) in [5.41, 5.74) is 2.29. The Kier molecular flexibility index (Phi) is 5.80. The summed E-state index contributed by atoms with van der Waals surface area (Å²) in [6.45, 7) is 3.62. The average Bonchev–Trinajstić information content (AvgIpc) is 2.64. The molecular weight excluding hydrogens is 318 g/mol. The number of methoxy groups -OCH3 is 1. The zero-order valence-corrected chi connectivity index (χ0v) is 14.8. The van der Waals surface area contributed by atoms with E-state index >= 15 is 0 Å². The van der Waals surface area contributed by atoms with Crippen molar-refractivity contribution in [3.63, 3.8) is 0 Å². The number of anilines is 2. The van der Waals surface area contributed by atoms with Gasteiger partial charge in [0, 0.05) is 24.9 Å². The lowest BCUT2D eigenvalue weighted by Gasteiger charge is -2.41. The molecular formula is C19H24N3OS+. The number of para-hydroxylation sites is 2. The van der Waals surface area contributed by atoms with Crippen molar-refractivity contribution >= 4 is 28.7 Å². The summed E-state index contributed by atoms with van der Waals surface area (Å²) < 4.78 is 5.21. The van der Waals surface area contributed by atoms with Crippen LogP contribution in [-0.4, -0.2) is 38.7 Å². The van der Waals surface area contributed by atoms with Gasteiger partial charge < -0.3 is 4.74 Å². The van der Waals surface area contributed by atoms with E-state index in [1.807, 2.05) is 12.1 Å². The first-order chi connectivity index (χ1) is 11.8. The van der Waals surface area contributed by atoms with E-state index in [1.54, 1.807) is 7.11 Å². The van der Waals surface area contributed by atoms with Crippen molar-refractivity contribution in [3.05, 3.63) is 60.7 Å². The predicted octanol–water partition coefficient (Wildman–Crippen LogP) is 2.13. The molecule has 1 heterocycles. The highest BCUT2D eigenvalue weighted by molar-refractivity contribution is 7.80. The van der Waals surface area contributed by atoms with Crippen molar-refractivity contribution in [2.24, 2.45) is 0 Å². The molecule has 5 heteroatoms. The first-order valence-corrected chi connectivity index (χ1v) is 8.72. The number of benzene rings is 2. The molecule has 1 aliphatic rings. The molecule has 2 aromatic rings. The van der Waals surface area contributed by atoms with Crippen molar-refractivity contribution in [3.8, 4) is 0 Å². The minimum atomic E-state index is 0.796. The molecule has 1 N–H and O–H groups in total. The molecule has 1 aliphatic heterocycles. The Hall–Kier alpha value is -1.95. The zero-order chi connectivity index (χ0) is 16.8. The zero-order valence-electron chi connectivity index (χ0n) is 14.0. The minimum Gasteiger partial charge on any atom is -0.384 e. The number of nitrogens with one attached hydrogen (secondary N) is 1. The molecule has 24 heavy (non-hydrogen) atoms. The first kappa shape index (κ1) is 16.9. The molecule has 3 rings (SSSR count). The van der Waals surface area contributed by atoms with Gasteiger partial charge in [0.15, 0.2) is 18.4 Å². The van der Waals surface area contributed by atoms with Gasteiger partial charge in [-0.2, -0.15) is 0 Å². The van der Waals surface area contributed by atoms with Crippen LogP contribution < -0.4 is 14.7 Å². The van der Waals surface area contributed by atoms with Crippen LogP contribution in [0.5, 0.6) is 0 Å². The van der Waals surface area contributed by atoms with E-state index < -0.39 is 0 Å². The number of quaternary nitrogens is 1. The van der Waals surface area contributed by atoms with Crippen LogP contribution in [-0.2, 0) is 4.74 Å². The lowest BCUT2D eigenvalue weighted by atomic mass is 10.2. The first-order valence-electron chi connectivity index (χ1n) is 8.31. The van der Waals surface area contributed by atoms with E-state index in [1.165, 1.54) is 4.90 Å². The third kappa shape index (κ3) is 3.93. The van der Waals surface area contributed by atoms with E-state index in [0.29, 0.717) is 0 Å². The second-order valence-electron chi connectivity index (χ2n) is 5.97. The maximum atomic E-state index is 5.81. The summed E-state index contributed by atoms with van der Waals surface area (Å²) in [7, 11) is 1.76. The molecule has 0 radical (unpaired) electrons. The van der Waals surface area contributed by atoms with Gasteiger partial charge in [-0.25, -0.2) is 0 Å². The van der Waals surface area contributed by atoms with Gasteiger partial charge in [0.2, 0.25) is 0 Å². The van der Waals surface area contributed by atoms with E-state index in [2.05, 4.69) is 58.3 Å². The molecule has 2 aromatic carbocycles. The third-order valence-electron chi connectivity index (χ3n) is 4.24. The van der Waals surface area contributed by atoms with Crippen molar-refractivity contribution in [1.29, 1.82) is 0 Å². The molecule has 4 nitrogen and oxygen atoms in total. The fourth-order valence-electron chi connectivity index (χ4n) is 3.02. The summed E-state index contributed by atoms with van der Waals surface area (Å²) in [4.78, 5) is 5.94. The molecule has 0 atom stereocenters. The maximum Gasteiger partial charge on any atom is 0.189 e. The van der Waals surface area contributed by atoms with Gasteiger partial charge in [-0.3, -0.25) is 14.7 Å². The van der Waals surface area contributed by atoms with Gasteiger partial charge >= 0.3 is 0 Å². The van der Waals surface area contributed by atoms with Crippen molar-refractivity contribution in [2.75, 3.05) is 43.4 Å². The Balaban J connectivity index is 1.84. The van der Waals surface area contributed by atoms with Crippen LogP contribution in [0.25, 0.3) is 0 Å². The molecule has 0 saturated carbocycles. The van der Waals surface area contributed by atoms with Crippen LogP contribution in [0.3, 0.4) is 0 Å². The topological polar surface area (TPSA) is 20.2 Å². The second-order valence-corrected chi connectivity index (χ2v) is 6.34. The van der Waals surface area contributed by atoms with Crippen LogP contribution in [0.2, 0.25) is 0 Å². The Labute approximate surface area is 149 Å².